The van der Waals surface area contributed by atoms with E-state index in [1.165, 1.54) is 0 Å². The maximum atomic E-state index is 11.5. The summed E-state index contributed by atoms with van der Waals surface area (Å²) in [5.74, 6) is 0.129. The van der Waals surface area contributed by atoms with Crippen molar-refractivity contribution < 1.29 is 4.79 Å². The monoisotopic (exact) mass is 258 g/mol. The standard InChI is InChI=1S/C13H30N4O/c1-4-12(6-8-14)15-10-7-13(18)16-9-5-11-17(2)3/h12,15H,4-11,14H2,1-3H3,(H,16,18). The molecule has 0 aliphatic rings. The molecule has 1 amide bonds. The molecule has 18 heavy (non-hydrogen) atoms. The molecule has 1 atom stereocenters. The summed E-state index contributed by atoms with van der Waals surface area (Å²) in [5.41, 5.74) is 5.52. The van der Waals surface area contributed by atoms with Gasteiger partial charge in [-0.05, 0) is 46.4 Å². The summed E-state index contributed by atoms with van der Waals surface area (Å²) in [6, 6.07) is 0.441. The van der Waals surface area contributed by atoms with Gasteiger partial charge in [0.15, 0.2) is 0 Å². The number of carbonyl (C=O) groups excluding carboxylic acids is 1. The molecule has 0 radical (unpaired) electrons. The molecule has 0 saturated heterocycles. The third-order valence-electron chi connectivity index (χ3n) is 2.90. The van der Waals surface area contributed by atoms with Crippen LogP contribution in [0.25, 0.3) is 0 Å². The maximum absolute atomic E-state index is 11.5. The minimum atomic E-state index is 0.129. The fourth-order valence-electron chi connectivity index (χ4n) is 1.75. The Labute approximate surface area is 111 Å². The van der Waals surface area contributed by atoms with Crippen LogP contribution < -0.4 is 16.4 Å². The summed E-state index contributed by atoms with van der Waals surface area (Å²) in [4.78, 5) is 13.6. The fraction of sp³-hybridized carbons (Fsp3) is 0.923. The summed E-state index contributed by atoms with van der Waals surface area (Å²) in [7, 11) is 4.07. The lowest BCUT2D eigenvalue weighted by molar-refractivity contribution is -0.121. The maximum Gasteiger partial charge on any atom is 0.221 e. The van der Waals surface area contributed by atoms with Crippen LogP contribution >= 0.6 is 0 Å². The van der Waals surface area contributed by atoms with Gasteiger partial charge < -0.3 is 21.3 Å². The van der Waals surface area contributed by atoms with Crippen LogP contribution in [0, 0.1) is 0 Å². The Bertz CT molecular complexity index is 209. The molecular formula is C13H30N4O. The van der Waals surface area contributed by atoms with Crippen LogP contribution in [0.2, 0.25) is 0 Å². The average Bonchev–Trinajstić information content (AvgIpc) is 2.33. The van der Waals surface area contributed by atoms with Crippen molar-refractivity contribution in [1.29, 1.82) is 0 Å². The highest BCUT2D eigenvalue weighted by Crippen LogP contribution is 1.95. The van der Waals surface area contributed by atoms with Crippen LogP contribution in [0.3, 0.4) is 0 Å². The second-order valence-corrected chi connectivity index (χ2v) is 4.89. The van der Waals surface area contributed by atoms with E-state index in [4.69, 9.17) is 5.73 Å². The zero-order chi connectivity index (χ0) is 13.8. The van der Waals surface area contributed by atoms with Crippen LogP contribution in [0.4, 0.5) is 0 Å². The number of rotatable bonds is 11. The molecule has 0 aromatic carbocycles. The summed E-state index contributed by atoms with van der Waals surface area (Å²) < 4.78 is 0. The van der Waals surface area contributed by atoms with E-state index < -0.39 is 0 Å². The number of carbonyl (C=O) groups is 1. The van der Waals surface area contributed by atoms with Gasteiger partial charge in [0, 0.05) is 25.6 Å². The van der Waals surface area contributed by atoms with Crippen LogP contribution in [-0.2, 0) is 4.79 Å². The normalized spacial score (nSPS) is 12.7. The van der Waals surface area contributed by atoms with E-state index in [1.807, 2.05) is 14.1 Å². The van der Waals surface area contributed by atoms with Gasteiger partial charge in [-0.15, -0.1) is 0 Å². The van der Waals surface area contributed by atoms with E-state index in [-0.39, 0.29) is 5.91 Å². The van der Waals surface area contributed by atoms with Gasteiger partial charge in [-0.3, -0.25) is 4.79 Å². The van der Waals surface area contributed by atoms with Gasteiger partial charge >= 0.3 is 0 Å². The summed E-state index contributed by atoms with van der Waals surface area (Å²) >= 11 is 0. The Balaban J connectivity index is 3.46. The van der Waals surface area contributed by atoms with Crippen molar-refractivity contribution in [3.63, 3.8) is 0 Å². The molecule has 4 N–H and O–H groups in total. The number of hydrogen-bond acceptors (Lipinski definition) is 4. The summed E-state index contributed by atoms with van der Waals surface area (Å²) in [6.45, 7) is 5.33. The van der Waals surface area contributed by atoms with Crippen molar-refractivity contribution in [3.05, 3.63) is 0 Å². The molecule has 0 aromatic rings. The molecule has 0 bridgehead atoms. The lowest BCUT2D eigenvalue weighted by atomic mass is 10.1. The molecule has 1 unspecified atom stereocenters. The van der Waals surface area contributed by atoms with Gasteiger partial charge in [0.05, 0.1) is 0 Å². The van der Waals surface area contributed by atoms with E-state index in [9.17, 15) is 4.79 Å². The number of nitrogens with one attached hydrogen (secondary N) is 2. The summed E-state index contributed by atoms with van der Waals surface area (Å²) in [5, 5.41) is 6.29. The molecule has 0 spiro atoms. The third kappa shape index (κ3) is 10.5. The highest BCUT2D eigenvalue weighted by molar-refractivity contribution is 5.75. The lowest BCUT2D eigenvalue weighted by Gasteiger charge is -2.15. The first-order valence-corrected chi connectivity index (χ1v) is 6.95. The van der Waals surface area contributed by atoms with E-state index in [2.05, 4.69) is 22.5 Å². The van der Waals surface area contributed by atoms with Crippen molar-refractivity contribution in [2.75, 3.05) is 40.3 Å². The minimum Gasteiger partial charge on any atom is -0.356 e. The fourth-order valence-corrected chi connectivity index (χ4v) is 1.75. The molecule has 0 heterocycles. The van der Waals surface area contributed by atoms with Crippen LogP contribution in [0.5, 0.6) is 0 Å². The molecule has 5 heteroatoms. The highest BCUT2D eigenvalue weighted by atomic mass is 16.1. The Morgan fingerprint density at radius 1 is 1.33 bits per heavy atom. The number of hydrogen-bond donors (Lipinski definition) is 3. The molecule has 0 rings (SSSR count). The number of amides is 1. The van der Waals surface area contributed by atoms with E-state index in [0.29, 0.717) is 19.0 Å². The van der Waals surface area contributed by atoms with Gasteiger partial charge in [-0.2, -0.15) is 0 Å². The molecule has 0 fully saturated rings. The Kier molecular flexibility index (Phi) is 11.0. The van der Waals surface area contributed by atoms with Gasteiger partial charge in [-0.1, -0.05) is 6.92 Å². The van der Waals surface area contributed by atoms with Crippen molar-refractivity contribution in [2.45, 2.75) is 38.6 Å². The smallest absolute Gasteiger partial charge is 0.221 e. The zero-order valence-corrected chi connectivity index (χ0v) is 12.2. The van der Waals surface area contributed by atoms with Crippen molar-refractivity contribution in [1.82, 2.24) is 15.5 Å². The van der Waals surface area contributed by atoms with E-state index >= 15 is 0 Å². The summed E-state index contributed by atoms with van der Waals surface area (Å²) in [6.07, 6.45) is 3.57. The second kappa shape index (κ2) is 11.4. The SMILES string of the molecule is CCC(CCN)NCCC(=O)NCCCN(C)C. The molecular weight excluding hydrogens is 228 g/mol. The van der Waals surface area contributed by atoms with Crippen molar-refractivity contribution in [2.24, 2.45) is 5.73 Å². The van der Waals surface area contributed by atoms with Gasteiger partial charge in [-0.25, -0.2) is 0 Å². The van der Waals surface area contributed by atoms with Crippen molar-refractivity contribution >= 4 is 5.91 Å². The number of nitrogens with two attached hydrogens (primary N) is 1. The lowest BCUT2D eigenvalue weighted by Crippen LogP contribution is -2.35. The first-order valence-electron chi connectivity index (χ1n) is 6.95. The van der Waals surface area contributed by atoms with Crippen LogP contribution in [0.1, 0.15) is 32.6 Å². The molecule has 0 aliphatic heterocycles. The second-order valence-electron chi connectivity index (χ2n) is 4.89. The first kappa shape index (κ1) is 17.4. The van der Waals surface area contributed by atoms with Crippen molar-refractivity contribution in [3.8, 4) is 0 Å². The quantitative estimate of drug-likeness (QED) is 0.462. The minimum absolute atomic E-state index is 0.129. The predicted molar refractivity (Wildman–Crippen MR) is 76.6 cm³/mol. The van der Waals surface area contributed by atoms with Gasteiger partial charge in [0.1, 0.15) is 0 Å². The number of nitrogens with zero attached hydrogens (tertiary/aromatic N) is 1. The average molecular weight is 258 g/mol. The van der Waals surface area contributed by atoms with E-state index in [1.54, 1.807) is 0 Å². The molecule has 5 nitrogen and oxygen atoms in total. The predicted octanol–water partition coefficient (Wildman–Crippen LogP) is 0.161. The topological polar surface area (TPSA) is 70.4 Å². The third-order valence-corrected chi connectivity index (χ3v) is 2.90. The molecule has 0 saturated carbocycles. The Morgan fingerprint density at radius 3 is 2.61 bits per heavy atom. The van der Waals surface area contributed by atoms with Crippen LogP contribution in [0.15, 0.2) is 0 Å². The largest absolute Gasteiger partial charge is 0.356 e. The Morgan fingerprint density at radius 2 is 2.06 bits per heavy atom. The zero-order valence-electron chi connectivity index (χ0n) is 12.2. The highest BCUT2D eigenvalue weighted by Gasteiger charge is 2.05. The van der Waals surface area contributed by atoms with Gasteiger partial charge in [0.25, 0.3) is 0 Å². The Hall–Kier alpha value is -0.650. The molecule has 108 valence electrons. The van der Waals surface area contributed by atoms with Crippen LogP contribution in [-0.4, -0.2) is 57.1 Å². The molecule has 0 aliphatic carbocycles. The van der Waals surface area contributed by atoms with E-state index in [0.717, 1.165) is 38.9 Å². The van der Waals surface area contributed by atoms with Gasteiger partial charge in [0.2, 0.25) is 5.91 Å². The molecule has 0 aromatic heterocycles. The first-order chi connectivity index (χ1) is 8.60.